The Morgan fingerprint density at radius 2 is 1.68 bits per heavy atom. The summed E-state index contributed by atoms with van der Waals surface area (Å²) in [6.45, 7) is 14.1. The van der Waals surface area contributed by atoms with E-state index in [9.17, 15) is 4.79 Å². The van der Waals surface area contributed by atoms with Crippen LogP contribution in [0.3, 0.4) is 0 Å². The summed E-state index contributed by atoms with van der Waals surface area (Å²) in [5.74, 6) is 0.592. The van der Waals surface area contributed by atoms with Gasteiger partial charge < -0.3 is 10.3 Å². The normalized spacial score (nSPS) is 15.4. The number of rotatable bonds is 8. The Hall–Kier alpha value is -3.01. The van der Waals surface area contributed by atoms with E-state index in [1.54, 1.807) is 0 Å². The number of allylic oxidation sites excluding steroid dienone is 1. The van der Waals surface area contributed by atoms with Crippen LogP contribution >= 0.6 is 0 Å². The van der Waals surface area contributed by atoms with Gasteiger partial charge >= 0.3 is 6.03 Å². The van der Waals surface area contributed by atoms with E-state index in [4.69, 9.17) is 5.73 Å². The molecule has 0 aliphatic heterocycles. The third-order valence-electron chi connectivity index (χ3n) is 7.59. The summed E-state index contributed by atoms with van der Waals surface area (Å²) in [5, 5.41) is 1.27. The number of para-hydroxylation sites is 2. The fourth-order valence-corrected chi connectivity index (χ4v) is 5.92. The molecule has 4 nitrogen and oxygen atoms in total. The Kier molecular flexibility index (Phi) is 6.88. The second-order valence-electron chi connectivity index (χ2n) is 10.5. The molecule has 3 aromatic rings. The highest BCUT2D eigenvalue weighted by atomic mass is 16.2. The van der Waals surface area contributed by atoms with Crippen LogP contribution in [0.15, 0.2) is 61.3 Å². The minimum absolute atomic E-state index is 0.126. The monoisotopic (exact) mass is 457 g/mol. The molecule has 34 heavy (non-hydrogen) atoms. The molecule has 2 aromatic carbocycles. The van der Waals surface area contributed by atoms with Crippen molar-refractivity contribution in [2.75, 3.05) is 11.4 Å². The largest absolute Gasteiger partial charge is 0.351 e. The molecular formula is C30H39N3O. The van der Waals surface area contributed by atoms with Gasteiger partial charge in [0.05, 0.1) is 5.69 Å². The summed E-state index contributed by atoms with van der Waals surface area (Å²) < 4.78 is 2.29. The molecule has 1 aliphatic carbocycles. The summed E-state index contributed by atoms with van der Waals surface area (Å²) >= 11 is 0. The number of aromatic nitrogens is 1. The van der Waals surface area contributed by atoms with Crippen LogP contribution < -0.4 is 10.6 Å². The number of anilines is 1. The number of fused-ring (bicyclic) bond motifs is 1. The highest BCUT2D eigenvalue weighted by Crippen LogP contribution is 2.47. The van der Waals surface area contributed by atoms with Gasteiger partial charge in [0.15, 0.2) is 0 Å². The first kappa shape index (κ1) is 24.1. The Morgan fingerprint density at radius 1 is 1.06 bits per heavy atom. The van der Waals surface area contributed by atoms with Crippen molar-refractivity contribution in [2.24, 2.45) is 5.73 Å². The highest BCUT2D eigenvalue weighted by molar-refractivity contribution is 5.94. The van der Waals surface area contributed by atoms with Gasteiger partial charge in [0.2, 0.25) is 0 Å². The van der Waals surface area contributed by atoms with Crippen LogP contribution in [-0.2, 0) is 12.0 Å². The minimum Gasteiger partial charge on any atom is -0.351 e. The standard InChI is InChI=1S/C30H39N3O/c1-6-18-32-19-26(25-12-7-8-15-27(25)32)30(16-9-10-17-30)20-33(29(31)34)28-23(21(2)3)13-11-14-24(28)22(4)5/h6-8,11-15,19,21-22H,1,9-10,16-18,20H2,2-5H3,(H2,31,34). The van der Waals surface area contributed by atoms with Gasteiger partial charge in [-0.25, -0.2) is 4.79 Å². The molecule has 0 spiro atoms. The lowest BCUT2D eigenvalue weighted by molar-refractivity contribution is 0.251. The first-order valence-corrected chi connectivity index (χ1v) is 12.7. The Balaban J connectivity index is 1.89. The number of carbonyl (C=O) groups is 1. The van der Waals surface area contributed by atoms with Crippen LogP contribution in [0.4, 0.5) is 10.5 Å². The van der Waals surface area contributed by atoms with Crippen LogP contribution in [0.2, 0.25) is 0 Å². The van der Waals surface area contributed by atoms with E-state index >= 15 is 0 Å². The molecule has 4 heteroatoms. The van der Waals surface area contributed by atoms with Crippen molar-refractivity contribution in [3.05, 3.63) is 78.0 Å². The van der Waals surface area contributed by atoms with Gasteiger partial charge in [-0.05, 0) is 47.4 Å². The molecule has 1 saturated carbocycles. The van der Waals surface area contributed by atoms with Gasteiger partial charge in [-0.2, -0.15) is 0 Å². The van der Waals surface area contributed by atoms with Crippen molar-refractivity contribution in [3.63, 3.8) is 0 Å². The quantitative estimate of drug-likeness (QED) is 0.350. The lowest BCUT2D eigenvalue weighted by Crippen LogP contribution is -2.46. The van der Waals surface area contributed by atoms with Crippen LogP contribution in [0.1, 0.15) is 81.9 Å². The molecular weight excluding hydrogens is 418 g/mol. The summed E-state index contributed by atoms with van der Waals surface area (Å²) in [6, 6.07) is 14.7. The first-order valence-electron chi connectivity index (χ1n) is 12.7. The number of hydrogen-bond acceptors (Lipinski definition) is 1. The average Bonchev–Trinajstić information content (AvgIpc) is 3.43. The molecule has 1 fully saturated rings. The van der Waals surface area contributed by atoms with Gasteiger partial charge in [-0.15, -0.1) is 6.58 Å². The maximum absolute atomic E-state index is 13.1. The zero-order valence-corrected chi connectivity index (χ0v) is 21.2. The minimum atomic E-state index is -0.365. The fraction of sp³-hybridized carbons (Fsp3) is 0.433. The number of nitrogens with two attached hydrogens (primary N) is 1. The Bertz CT molecular complexity index is 1150. The van der Waals surface area contributed by atoms with Crippen molar-refractivity contribution in [1.82, 2.24) is 4.57 Å². The first-order chi connectivity index (χ1) is 16.3. The smallest absolute Gasteiger partial charge is 0.319 e. The number of amides is 2. The molecule has 0 atom stereocenters. The lowest BCUT2D eigenvalue weighted by atomic mass is 9.77. The maximum atomic E-state index is 13.1. The summed E-state index contributed by atoms with van der Waals surface area (Å²) in [7, 11) is 0. The van der Waals surface area contributed by atoms with Gasteiger partial charge in [0.25, 0.3) is 0 Å². The summed E-state index contributed by atoms with van der Waals surface area (Å²) in [5.41, 5.74) is 12.0. The fourth-order valence-electron chi connectivity index (χ4n) is 5.92. The predicted molar refractivity (Wildman–Crippen MR) is 144 cm³/mol. The van der Waals surface area contributed by atoms with E-state index in [2.05, 4.69) is 87.5 Å². The molecule has 0 saturated heterocycles. The van der Waals surface area contributed by atoms with Gasteiger partial charge in [-0.3, -0.25) is 4.90 Å². The van der Waals surface area contributed by atoms with E-state index in [0.29, 0.717) is 18.4 Å². The molecule has 1 aliphatic rings. The van der Waals surface area contributed by atoms with Gasteiger partial charge in [0, 0.05) is 35.6 Å². The molecule has 4 rings (SSSR count). The highest BCUT2D eigenvalue weighted by Gasteiger charge is 2.41. The molecule has 180 valence electrons. The van der Waals surface area contributed by atoms with E-state index < -0.39 is 0 Å². The number of primary amides is 1. The van der Waals surface area contributed by atoms with E-state index in [0.717, 1.165) is 37.9 Å². The van der Waals surface area contributed by atoms with Gasteiger partial charge in [-0.1, -0.05) is 83.0 Å². The van der Waals surface area contributed by atoms with E-state index in [1.807, 2.05) is 11.0 Å². The molecule has 1 aromatic heterocycles. The van der Waals surface area contributed by atoms with Crippen molar-refractivity contribution in [2.45, 2.75) is 77.2 Å². The summed E-state index contributed by atoms with van der Waals surface area (Å²) in [4.78, 5) is 15.0. The zero-order chi connectivity index (χ0) is 24.5. The number of urea groups is 1. The number of carbonyl (C=O) groups excluding carboxylic acids is 1. The van der Waals surface area contributed by atoms with Crippen molar-refractivity contribution in [3.8, 4) is 0 Å². The number of hydrogen-bond donors (Lipinski definition) is 1. The van der Waals surface area contributed by atoms with E-state index in [-0.39, 0.29) is 11.4 Å². The Morgan fingerprint density at radius 3 is 2.24 bits per heavy atom. The van der Waals surface area contributed by atoms with Crippen molar-refractivity contribution < 1.29 is 4.79 Å². The van der Waals surface area contributed by atoms with Crippen LogP contribution in [-0.4, -0.2) is 17.1 Å². The molecule has 0 bridgehead atoms. The Labute approximate surface area is 204 Å². The molecule has 0 unspecified atom stereocenters. The maximum Gasteiger partial charge on any atom is 0.319 e. The van der Waals surface area contributed by atoms with Crippen LogP contribution in [0.5, 0.6) is 0 Å². The molecule has 1 heterocycles. The summed E-state index contributed by atoms with van der Waals surface area (Å²) in [6.07, 6.45) is 8.68. The number of benzene rings is 2. The van der Waals surface area contributed by atoms with Crippen molar-refractivity contribution >= 4 is 22.6 Å². The lowest BCUT2D eigenvalue weighted by Gasteiger charge is -2.37. The molecule has 0 radical (unpaired) electrons. The average molecular weight is 458 g/mol. The molecule has 2 N–H and O–H groups in total. The van der Waals surface area contributed by atoms with Crippen molar-refractivity contribution in [1.29, 1.82) is 0 Å². The zero-order valence-electron chi connectivity index (χ0n) is 21.2. The SMILES string of the molecule is C=CCn1cc(C2(CN(C(N)=O)c3c(C(C)C)cccc3C(C)C)CCCC2)c2ccccc21. The third kappa shape index (κ3) is 4.26. The third-order valence-corrected chi connectivity index (χ3v) is 7.59. The number of nitrogens with zero attached hydrogens (tertiary/aromatic N) is 2. The second-order valence-corrected chi connectivity index (χ2v) is 10.5. The van der Waals surface area contributed by atoms with E-state index in [1.165, 1.54) is 27.6 Å². The second kappa shape index (κ2) is 9.69. The van der Waals surface area contributed by atoms with Crippen LogP contribution in [0, 0.1) is 0 Å². The van der Waals surface area contributed by atoms with Gasteiger partial charge in [0.1, 0.15) is 0 Å². The topological polar surface area (TPSA) is 51.3 Å². The van der Waals surface area contributed by atoms with Crippen LogP contribution in [0.25, 0.3) is 10.9 Å². The predicted octanol–water partition coefficient (Wildman–Crippen LogP) is 7.47. The molecule has 2 amide bonds.